The van der Waals surface area contributed by atoms with Crippen LogP contribution in [-0.2, 0) is 0 Å². The number of carboxylic acids is 1. The molecule has 3 N–H and O–H groups in total. The van der Waals surface area contributed by atoms with Gasteiger partial charge in [0.2, 0.25) is 0 Å². The first kappa shape index (κ1) is 13.2. The monoisotopic (exact) mass is 279 g/mol. The van der Waals surface area contributed by atoms with E-state index in [0.717, 1.165) is 22.2 Å². The highest BCUT2D eigenvalue weighted by Crippen LogP contribution is 2.22. The fourth-order valence-corrected chi connectivity index (χ4v) is 2.20. The molecule has 0 aliphatic heterocycles. The van der Waals surface area contributed by atoms with Crippen LogP contribution in [0.5, 0.6) is 0 Å². The van der Waals surface area contributed by atoms with Crippen LogP contribution in [-0.4, -0.2) is 21.0 Å². The van der Waals surface area contributed by atoms with E-state index in [0.29, 0.717) is 0 Å². The van der Waals surface area contributed by atoms with Gasteiger partial charge in [-0.1, -0.05) is 18.2 Å². The standard InChI is InChI=1S/C16H13N3O2/c17-15(10-1-3-11(4-2-10)16(20)21)12-5-6-13-14(9-12)19-8-7-18-13/h1-9,15H,17H2,(H,20,21). The molecule has 1 heterocycles. The topological polar surface area (TPSA) is 89.1 Å². The zero-order valence-corrected chi connectivity index (χ0v) is 11.1. The smallest absolute Gasteiger partial charge is 0.335 e. The maximum absolute atomic E-state index is 10.9. The van der Waals surface area contributed by atoms with Crippen LogP contribution in [0.3, 0.4) is 0 Å². The van der Waals surface area contributed by atoms with Crippen molar-refractivity contribution in [3.8, 4) is 0 Å². The first-order valence-corrected chi connectivity index (χ1v) is 6.44. The first-order valence-electron chi connectivity index (χ1n) is 6.44. The average Bonchev–Trinajstić information content (AvgIpc) is 2.54. The zero-order valence-electron chi connectivity index (χ0n) is 11.1. The highest BCUT2D eigenvalue weighted by molar-refractivity contribution is 5.87. The Labute approximate surface area is 121 Å². The summed E-state index contributed by atoms with van der Waals surface area (Å²) in [5.74, 6) is -0.948. The van der Waals surface area contributed by atoms with Gasteiger partial charge in [-0.25, -0.2) is 4.79 Å². The number of carbonyl (C=O) groups is 1. The lowest BCUT2D eigenvalue weighted by Gasteiger charge is -2.13. The van der Waals surface area contributed by atoms with Crippen molar-refractivity contribution in [2.45, 2.75) is 6.04 Å². The van der Waals surface area contributed by atoms with Gasteiger partial charge < -0.3 is 10.8 Å². The third-order valence-corrected chi connectivity index (χ3v) is 3.37. The van der Waals surface area contributed by atoms with Crippen LogP contribution in [0, 0.1) is 0 Å². The Morgan fingerprint density at radius 2 is 1.57 bits per heavy atom. The Bertz CT molecular complexity index is 800. The minimum atomic E-state index is -0.948. The molecule has 0 aliphatic rings. The van der Waals surface area contributed by atoms with Crippen LogP contribution in [0.1, 0.15) is 27.5 Å². The molecule has 5 nitrogen and oxygen atoms in total. The molecule has 0 spiro atoms. The molecule has 0 aliphatic carbocycles. The van der Waals surface area contributed by atoms with E-state index in [4.69, 9.17) is 10.8 Å². The molecule has 0 bridgehead atoms. The lowest BCUT2D eigenvalue weighted by Crippen LogP contribution is -2.12. The summed E-state index contributed by atoms with van der Waals surface area (Å²) in [6, 6.07) is 11.9. The molecular weight excluding hydrogens is 266 g/mol. The largest absolute Gasteiger partial charge is 0.478 e. The molecule has 1 unspecified atom stereocenters. The number of benzene rings is 2. The Morgan fingerprint density at radius 1 is 0.952 bits per heavy atom. The van der Waals surface area contributed by atoms with Crippen LogP contribution in [0.2, 0.25) is 0 Å². The summed E-state index contributed by atoms with van der Waals surface area (Å²) in [5.41, 5.74) is 9.84. The normalized spacial score (nSPS) is 12.2. The zero-order chi connectivity index (χ0) is 14.8. The third-order valence-electron chi connectivity index (χ3n) is 3.37. The molecule has 3 aromatic rings. The summed E-state index contributed by atoms with van der Waals surface area (Å²) in [4.78, 5) is 19.3. The van der Waals surface area contributed by atoms with E-state index in [1.54, 1.807) is 36.7 Å². The second-order valence-corrected chi connectivity index (χ2v) is 4.71. The maximum Gasteiger partial charge on any atom is 0.335 e. The lowest BCUT2D eigenvalue weighted by atomic mass is 9.98. The van der Waals surface area contributed by atoms with Gasteiger partial charge in [0.25, 0.3) is 0 Å². The van der Waals surface area contributed by atoms with Crippen molar-refractivity contribution in [1.29, 1.82) is 0 Å². The van der Waals surface area contributed by atoms with E-state index in [1.165, 1.54) is 0 Å². The second-order valence-electron chi connectivity index (χ2n) is 4.71. The SMILES string of the molecule is NC(c1ccc(C(=O)O)cc1)c1ccc2nccnc2c1. The summed E-state index contributed by atoms with van der Waals surface area (Å²) in [6.45, 7) is 0. The Balaban J connectivity index is 1.95. The van der Waals surface area contributed by atoms with Gasteiger partial charge in [0.05, 0.1) is 22.6 Å². The van der Waals surface area contributed by atoms with E-state index in [9.17, 15) is 4.79 Å². The van der Waals surface area contributed by atoms with Crippen LogP contribution in [0.15, 0.2) is 54.9 Å². The quantitative estimate of drug-likeness (QED) is 0.768. The molecule has 3 rings (SSSR count). The molecule has 0 fully saturated rings. The molecule has 5 heteroatoms. The van der Waals surface area contributed by atoms with Gasteiger partial charge in [0, 0.05) is 12.4 Å². The highest BCUT2D eigenvalue weighted by Gasteiger charge is 2.11. The average molecular weight is 279 g/mol. The van der Waals surface area contributed by atoms with Crippen molar-refractivity contribution in [2.24, 2.45) is 5.73 Å². The molecule has 0 amide bonds. The number of nitrogens with two attached hydrogens (primary N) is 1. The van der Waals surface area contributed by atoms with Gasteiger partial charge >= 0.3 is 5.97 Å². The summed E-state index contributed by atoms with van der Waals surface area (Å²) in [7, 11) is 0. The summed E-state index contributed by atoms with van der Waals surface area (Å²) in [5, 5.41) is 8.90. The first-order chi connectivity index (χ1) is 10.1. The molecular formula is C16H13N3O2. The highest BCUT2D eigenvalue weighted by atomic mass is 16.4. The van der Waals surface area contributed by atoms with Crippen LogP contribution >= 0.6 is 0 Å². The van der Waals surface area contributed by atoms with Crippen LogP contribution < -0.4 is 5.73 Å². The van der Waals surface area contributed by atoms with Gasteiger partial charge in [-0.05, 0) is 35.4 Å². The fourth-order valence-electron chi connectivity index (χ4n) is 2.20. The van der Waals surface area contributed by atoms with E-state index < -0.39 is 5.97 Å². The van der Waals surface area contributed by atoms with Gasteiger partial charge in [-0.15, -0.1) is 0 Å². The fraction of sp³-hybridized carbons (Fsp3) is 0.0625. The number of rotatable bonds is 3. The van der Waals surface area contributed by atoms with Gasteiger partial charge in [-0.2, -0.15) is 0 Å². The van der Waals surface area contributed by atoms with E-state index in [2.05, 4.69) is 9.97 Å². The molecule has 0 saturated carbocycles. The minimum Gasteiger partial charge on any atom is -0.478 e. The van der Waals surface area contributed by atoms with E-state index in [1.807, 2.05) is 18.2 Å². The van der Waals surface area contributed by atoms with Crippen molar-refractivity contribution in [1.82, 2.24) is 9.97 Å². The molecule has 1 atom stereocenters. The number of aromatic nitrogens is 2. The van der Waals surface area contributed by atoms with E-state index in [-0.39, 0.29) is 11.6 Å². The number of aromatic carboxylic acids is 1. The van der Waals surface area contributed by atoms with Crippen LogP contribution in [0.4, 0.5) is 0 Å². The Kier molecular flexibility index (Phi) is 3.33. The Hall–Kier alpha value is -2.79. The molecule has 21 heavy (non-hydrogen) atoms. The van der Waals surface area contributed by atoms with Crippen molar-refractivity contribution in [3.63, 3.8) is 0 Å². The summed E-state index contributed by atoms with van der Waals surface area (Å²) < 4.78 is 0. The third kappa shape index (κ3) is 2.59. The molecule has 1 aromatic heterocycles. The predicted molar refractivity (Wildman–Crippen MR) is 79.0 cm³/mol. The van der Waals surface area contributed by atoms with Gasteiger partial charge in [-0.3, -0.25) is 9.97 Å². The van der Waals surface area contributed by atoms with Gasteiger partial charge in [0.15, 0.2) is 0 Å². The Morgan fingerprint density at radius 3 is 2.24 bits per heavy atom. The minimum absolute atomic E-state index is 0.246. The lowest BCUT2D eigenvalue weighted by molar-refractivity contribution is 0.0697. The number of carboxylic acid groups (broad SMARTS) is 1. The maximum atomic E-state index is 10.9. The molecule has 0 saturated heterocycles. The molecule has 104 valence electrons. The number of nitrogens with zero attached hydrogens (tertiary/aromatic N) is 2. The predicted octanol–water partition coefficient (Wildman–Crippen LogP) is 2.38. The van der Waals surface area contributed by atoms with Crippen molar-refractivity contribution in [2.75, 3.05) is 0 Å². The summed E-state index contributed by atoms with van der Waals surface area (Å²) >= 11 is 0. The molecule has 0 radical (unpaired) electrons. The number of fused-ring (bicyclic) bond motifs is 1. The van der Waals surface area contributed by atoms with Crippen molar-refractivity contribution < 1.29 is 9.90 Å². The van der Waals surface area contributed by atoms with Crippen LogP contribution in [0.25, 0.3) is 11.0 Å². The number of hydrogen-bond donors (Lipinski definition) is 2. The van der Waals surface area contributed by atoms with Crippen molar-refractivity contribution >= 4 is 17.0 Å². The molecule has 2 aromatic carbocycles. The van der Waals surface area contributed by atoms with Gasteiger partial charge in [0.1, 0.15) is 0 Å². The number of hydrogen-bond acceptors (Lipinski definition) is 4. The second kappa shape index (κ2) is 5.30. The van der Waals surface area contributed by atoms with E-state index >= 15 is 0 Å². The summed E-state index contributed by atoms with van der Waals surface area (Å²) in [6.07, 6.45) is 3.28. The van der Waals surface area contributed by atoms with Crippen molar-refractivity contribution in [3.05, 3.63) is 71.5 Å².